The molecule has 2 aromatic rings. The fourth-order valence-electron chi connectivity index (χ4n) is 2.47. The molecule has 0 spiro atoms. The minimum absolute atomic E-state index is 0.0663. The number of para-hydroxylation sites is 1. The molecule has 0 aliphatic rings. The number of likely N-dealkylation sites (N-methyl/N-ethyl adjacent to an activating group) is 1. The predicted octanol–water partition coefficient (Wildman–Crippen LogP) is 3.51. The van der Waals surface area contributed by atoms with Crippen molar-refractivity contribution < 1.29 is 9.59 Å². The molecule has 0 fully saturated rings. The third-order valence-corrected chi connectivity index (χ3v) is 3.97. The Kier molecular flexibility index (Phi) is 6.42. The van der Waals surface area contributed by atoms with E-state index in [0.717, 1.165) is 5.69 Å². The van der Waals surface area contributed by atoms with Gasteiger partial charge in [0.05, 0.1) is 12.1 Å². The lowest BCUT2D eigenvalue weighted by atomic mass is 10.1. The second-order valence-corrected chi connectivity index (χ2v) is 6.15. The minimum atomic E-state index is -0.151. The Hall–Kier alpha value is -2.53. The largest absolute Gasteiger partial charge is 0.375 e. The molecular weight excluding hydrogens is 338 g/mol. The number of benzene rings is 2. The van der Waals surface area contributed by atoms with Crippen LogP contribution >= 0.6 is 11.6 Å². The van der Waals surface area contributed by atoms with Crippen LogP contribution in [-0.4, -0.2) is 43.9 Å². The van der Waals surface area contributed by atoms with E-state index in [0.29, 0.717) is 22.8 Å². The van der Waals surface area contributed by atoms with Crippen molar-refractivity contribution in [2.45, 2.75) is 6.92 Å². The van der Waals surface area contributed by atoms with Gasteiger partial charge < -0.3 is 15.1 Å². The fraction of sp³-hybridized carbons (Fsp3) is 0.263. The summed E-state index contributed by atoms with van der Waals surface area (Å²) < 4.78 is 0. The highest BCUT2D eigenvalue weighted by Gasteiger charge is 2.17. The number of rotatable bonds is 6. The summed E-state index contributed by atoms with van der Waals surface area (Å²) in [5.74, 6) is -0.237. The van der Waals surface area contributed by atoms with Crippen LogP contribution in [0, 0.1) is 0 Å². The lowest BCUT2D eigenvalue weighted by molar-refractivity contribution is -0.116. The van der Waals surface area contributed by atoms with Gasteiger partial charge in [-0.15, -0.1) is 0 Å². The maximum atomic E-state index is 12.6. The Morgan fingerprint density at radius 3 is 2.36 bits per heavy atom. The number of hydrogen-bond donors (Lipinski definition) is 1. The average molecular weight is 360 g/mol. The van der Waals surface area contributed by atoms with Crippen molar-refractivity contribution in [3.05, 3.63) is 59.1 Å². The second kappa shape index (κ2) is 8.53. The van der Waals surface area contributed by atoms with Crippen LogP contribution in [0.3, 0.4) is 0 Å². The van der Waals surface area contributed by atoms with Gasteiger partial charge in [0.15, 0.2) is 0 Å². The molecule has 0 aromatic heterocycles. The molecule has 1 N–H and O–H groups in total. The average Bonchev–Trinajstić information content (AvgIpc) is 2.61. The summed E-state index contributed by atoms with van der Waals surface area (Å²) in [6.45, 7) is 2.55. The Morgan fingerprint density at radius 2 is 1.76 bits per heavy atom. The van der Waals surface area contributed by atoms with Gasteiger partial charge in [-0.2, -0.15) is 0 Å². The van der Waals surface area contributed by atoms with Crippen LogP contribution in [0.5, 0.6) is 0 Å². The minimum Gasteiger partial charge on any atom is -0.375 e. The maximum Gasteiger partial charge on any atom is 0.255 e. The van der Waals surface area contributed by atoms with Gasteiger partial charge in [0.2, 0.25) is 5.91 Å². The van der Waals surface area contributed by atoms with E-state index in [9.17, 15) is 9.59 Å². The van der Waals surface area contributed by atoms with Crippen molar-refractivity contribution in [1.29, 1.82) is 0 Å². The summed E-state index contributed by atoms with van der Waals surface area (Å²) in [5, 5.41) is 3.55. The van der Waals surface area contributed by atoms with Gasteiger partial charge in [-0.3, -0.25) is 9.59 Å². The van der Waals surface area contributed by atoms with Gasteiger partial charge in [0.25, 0.3) is 5.91 Å². The van der Waals surface area contributed by atoms with E-state index in [1.807, 2.05) is 37.3 Å². The molecule has 25 heavy (non-hydrogen) atoms. The summed E-state index contributed by atoms with van der Waals surface area (Å²) in [4.78, 5) is 28.0. The zero-order chi connectivity index (χ0) is 18.4. The molecule has 0 aliphatic carbocycles. The highest BCUT2D eigenvalue weighted by molar-refractivity contribution is 6.31. The smallest absolute Gasteiger partial charge is 0.255 e. The van der Waals surface area contributed by atoms with Crippen LogP contribution in [0.2, 0.25) is 5.02 Å². The second-order valence-electron chi connectivity index (χ2n) is 5.72. The third-order valence-electron chi connectivity index (χ3n) is 3.73. The van der Waals surface area contributed by atoms with Crippen molar-refractivity contribution >= 4 is 34.8 Å². The number of carbonyl (C=O) groups excluding carboxylic acids is 2. The first kappa shape index (κ1) is 18.8. The lowest BCUT2D eigenvalue weighted by Crippen LogP contribution is -2.35. The molecule has 5 nitrogen and oxygen atoms in total. The standard InChI is InChI=1S/C19H22ClN3O2/c1-4-23(15-8-6-5-7-9-15)18(24)13-21-17-12-14(20)10-11-16(17)19(25)22(2)3/h5-12,21H,4,13H2,1-3H3. The number of amides is 2. The molecular formula is C19H22ClN3O2. The summed E-state index contributed by atoms with van der Waals surface area (Å²) in [6, 6.07) is 14.5. The van der Waals surface area contributed by atoms with E-state index < -0.39 is 0 Å². The number of hydrogen-bond acceptors (Lipinski definition) is 3. The summed E-state index contributed by atoms with van der Waals surface area (Å²) >= 11 is 6.04. The quantitative estimate of drug-likeness (QED) is 0.858. The Labute approximate surface area is 153 Å². The molecule has 0 aliphatic heterocycles. The molecule has 132 valence electrons. The van der Waals surface area contributed by atoms with Crippen LogP contribution < -0.4 is 10.2 Å². The van der Waals surface area contributed by atoms with Gasteiger partial charge in [-0.05, 0) is 37.3 Å². The normalized spacial score (nSPS) is 10.2. The van der Waals surface area contributed by atoms with Gasteiger partial charge >= 0.3 is 0 Å². The zero-order valence-corrected chi connectivity index (χ0v) is 15.4. The number of halogens is 1. The van der Waals surface area contributed by atoms with Crippen LogP contribution in [0.1, 0.15) is 17.3 Å². The number of nitrogens with one attached hydrogen (secondary N) is 1. The van der Waals surface area contributed by atoms with Crippen LogP contribution in [0.15, 0.2) is 48.5 Å². The number of anilines is 2. The topological polar surface area (TPSA) is 52.7 Å². The molecule has 2 amide bonds. The van der Waals surface area contributed by atoms with Crippen molar-refractivity contribution in [3.63, 3.8) is 0 Å². The molecule has 0 radical (unpaired) electrons. The van der Waals surface area contributed by atoms with E-state index in [1.54, 1.807) is 37.2 Å². The molecule has 0 unspecified atom stereocenters. The molecule has 0 heterocycles. The lowest BCUT2D eigenvalue weighted by Gasteiger charge is -2.22. The molecule has 2 rings (SSSR count). The van der Waals surface area contributed by atoms with E-state index in [2.05, 4.69) is 5.32 Å². The van der Waals surface area contributed by atoms with Crippen LogP contribution in [-0.2, 0) is 4.79 Å². The zero-order valence-electron chi connectivity index (χ0n) is 14.6. The molecule has 6 heteroatoms. The van der Waals surface area contributed by atoms with Crippen molar-refractivity contribution in [2.24, 2.45) is 0 Å². The first-order valence-corrected chi connectivity index (χ1v) is 8.42. The Balaban J connectivity index is 2.16. The van der Waals surface area contributed by atoms with Crippen molar-refractivity contribution in [2.75, 3.05) is 37.4 Å². The van der Waals surface area contributed by atoms with Gasteiger partial charge in [-0.1, -0.05) is 29.8 Å². The van der Waals surface area contributed by atoms with E-state index in [-0.39, 0.29) is 18.4 Å². The molecule has 2 aromatic carbocycles. The van der Waals surface area contributed by atoms with E-state index >= 15 is 0 Å². The highest BCUT2D eigenvalue weighted by atomic mass is 35.5. The molecule has 0 saturated heterocycles. The highest BCUT2D eigenvalue weighted by Crippen LogP contribution is 2.22. The van der Waals surface area contributed by atoms with Gasteiger partial charge in [0.1, 0.15) is 0 Å². The fourth-order valence-corrected chi connectivity index (χ4v) is 2.64. The summed E-state index contributed by atoms with van der Waals surface area (Å²) in [6.07, 6.45) is 0. The summed E-state index contributed by atoms with van der Waals surface area (Å²) in [5.41, 5.74) is 1.86. The maximum absolute atomic E-state index is 12.6. The van der Waals surface area contributed by atoms with Crippen LogP contribution in [0.25, 0.3) is 0 Å². The first-order valence-electron chi connectivity index (χ1n) is 8.04. The van der Waals surface area contributed by atoms with E-state index in [1.165, 1.54) is 4.90 Å². The SMILES string of the molecule is CCN(C(=O)CNc1cc(Cl)ccc1C(=O)N(C)C)c1ccccc1. The Morgan fingerprint density at radius 1 is 1.08 bits per heavy atom. The first-order chi connectivity index (χ1) is 11.9. The Bertz CT molecular complexity index is 748. The molecule has 0 saturated carbocycles. The predicted molar refractivity (Wildman–Crippen MR) is 102 cm³/mol. The number of nitrogens with zero attached hydrogens (tertiary/aromatic N) is 2. The third kappa shape index (κ3) is 4.73. The number of carbonyl (C=O) groups is 2. The van der Waals surface area contributed by atoms with Gasteiger partial charge in [-0.25, -0.2) is 0 Å². The van der Waals surface area contributed by atoms with Crippen molar-refractivity contribution in [3.8, 4) is 0 Å². The van der Waals surface area contributed by atoms with Crippen molar-refractivity contribution in [1.82, 2.24) is 4.90 Å². The van der Waals surface area contributed by atoms with Gasteiger partial charge in [0, 0.05) is 37.0 Å². The monoisotopic (exact) mass is 359 g/mol. The van der Waals surface area contributed by atoms with E-state index in [4.69, 9.17) is 11.6 Å². The summed E-state index contributed by atoms with van der Waals surface area (Å²) in [7, 11) is 3.36. The van der Waals surface area contributed by atoms with Crippen LogP contribution in [0.4, 0.5) is 11.4 Å². The molecule has 0 bridgehead atoms. The molecule has 0 atom stereocenters.